The highest BCUT2D eigenvalue weighted by Crippen LogP contribution is 2.27. The zero-order valence-corrected chi connectivity index (χ0v) is 12.4. The lowest BCUT2D eigenvalue weighted by Gasteiger charge is -2.15. The molecule has 0 amide bonds. The quantitative estimate of drug-likeness (QED) is 0.905. The fraction of sp³-hybridized carbons (Fsp3) is 0.316. The molecule has 1 N–H and O–H groups in total. The molecule has 2 atom stereocenters. The van der Waals surface area contributed by atoms with Crippen molar-refractivity contribution in [2.24, 2.45) is 4.99 Å². The van der Waals surface area contributed by atoms with Gasteiger partial charge >= 0.3 is 0 Å². The lowest BCUT2D eigenvalue weighted by Crippen LogP contribution is -2.13. The number of aliphatic hydroxyl groups excluding tert-OH is 1. The van der Waals surface area contributed by atoms with Gasteiger partial charge < -0.3 is 5.11 Å². The third-order valence-electron chi connectivity index (χ3n) is 4.11. The van der Waals surface area contributed by atoms with Gasteiger partial charge in [-0.1, -0.05) is 60.2 Å². The van der Waals surface area contributed by atoms with E-state index in [1.54, 1.807) is 0 Å². The summed E-state index contributed by atoms with van der Waals surface area (Å²) < 4.78 is 0. The van der Waals surface area contributed by atoms with Crippen LogP contribution in [0.25, 0.3) is 0 Å². The van der Waals surface area contributed by atoms with Crippen molar-refractivity contribution < 1.29 is 5.11 Å². The standard InChI is InChI=1S/C19H21NO/c1-14-7-9-15(10-8-14)13-17-11-12-18(20-17)19(21)16-5-3-2-4-6-16/h2-10,18-19,21H,11-13H2,1H3/t18-,19-/m1/s1. The van der Waals surface area contributed by atoms with Gasteiger partial charge in [0.05, 0.1) is 6.04 Å². The van der Waals surface area contributed by atoms with Crippen LogP contribution in [0.5, 0.6) is 0 Å². The van der Waals surface area contributed by atoms with E-state index in [1.165, 1.54) is 16.8 Å². The van der Waals surface area contributed by atoms with E-state index in [0.29, 0.717) is 0 Å². The van der Waals surface area contributed by atoms with Gasteiger partial charge in [0.15, 0.2) is 0 Å². The van der Waals surface area contributed by atoms with Crippen molar-refractivity contribution in [3.05, 3.63) is 71.3 Å². The second kappa shape index (κ2) is 6.23. The maximum Gasteiger partial charge on any atom is 0.101 e. The van der Waals surface area contributed by atoms with Crippen LogP contribution in [0.4, 0.5) is 0 Å². The van der Waals surface area contributed by atoms with Gasteiger partial charge in [0, 0.05) is 12.1 Å². The Bertz CT molecular complexity index is 616. The van der Waals surface area contributed by atoms with Gasteiger partial charge in [-0.05, 0) is 30.9 Å². The van der Waals surface area contributed by atoms with E-state index >= 15 is 0 Å². The molecule has 0 saturated heterocycles. The molecule has 21 heavy (non-hydrogen) atoms. The summed E-state index contributed by atoms with van der Waals surface area (Å²) in [5.41, 5.74) is 4.75. The number of rotatable bonds is 4. The molecule has 1 aliphatic rings. The van der Waals surface area contributed by atoms with Gasteiger partial charge in [0.25, 0.3) is 0 Å². The minimum absolute atomic E-state index is 0.00727. The molecule has 0 saturated carbocycles. The predicted octanol–water partition coefficient (Wildman–Crippen LogP) is 3.87. The van der Waals surface area contributed by atoms with Crippen molar-refractivity contribution >= 4 is 5.71 Å². The number of benzene rings is 2. The van der Waals surface area contributed by atoms with Gasteiger partial charge in [-0.2, -0.15) is 0 Å². The van der Waals surface area contributed by atoms with Crippen molar-refractivity contribution in [1.82, 2.24) is 0 Å². The normalized spacial score (nSPS) is 19.3. The molecule has 2 aromatic carbocycles. The first kappa shape index (κ1) is 14.0. The van der Waals surface area contributed by atoms with Crippen molar-refractivity contribution in [2.75, 3.05) is 0 Å². The molecule has 2 heteroatoms. The number of hydrogen-bond acceptors (Lipinski definition) is 2. The second-order valence-corrected chi connectivity index (χ2v) is 5.82. The van der Waals surface area contributed by atoms with Crippen LogP contribution in [0.2, 0.25) is 0 Å². The summed E-state index contributed by atoms with van der Waals surface area (Å²) in [6, 6.07) is 18.5. The molecule has 0 fully saturated rings. The summed E-state index contributed by atoms with van der Waals surface area (Å²) >= 11 is 0. The fourth-order valence-electron chi connectivity index (χ4n) is 2.85. The van der Waals surface area contributed by atoms with Crippen LogP contribution >= 0.6 is 0 Å². The molecule has 1 aliphatic heterocycles. The van der Waals surface area contributed by atoms with Crippen molar-refractivity contribution in [1.29, 1.82) is 0 Å². The van der Waals surface area contributed by atoms with Gasteiger partial charge in [-0.3, -0.25) is 4.99 Å². The van der Waals surface area contributed by atoms with Gasteiger partial charge in [0.1, 0.15) is 6.10 Å². The summed E-state index contributed by atoms with van der Waals surface area (Å²) in [5.74, 6) is 0. The summed E-state index contributed by atoms with van der Waals surface area (Å²) in [6.07, 6.45) is 2.35. The number of aryl methyl sites for hydroxylation is 1. The number of aliphatic imine (C=N–C) groups is 1. The Hall–Kier alpha value is -1.93. The largest absolute Gasteiger partial charge is 0.386 e. The zero-order chi connectivity index (χ0) is 14.7. The average Bonchev–Trinajstić information content (AvgIpc) is 2.98. The van der Waals surface area contributed by atoms with E-state index in [1.807, 2.05) is 30.3 Å². The third-order valence-corrected chi connectivity index (χ3v) is 4.11. The Balaban J connectivity index is 1.68. The molecule has 0 spiro atoms. The molecule has 0 unspecified atom stereocenters. The third kappa shape index (κ3) is 3.40. The van der Waals surface area contributed by atoms with Crippen LogP contribution in [-0.4, -0.2) is 16.9 Å². The molecule has 1 heterocycles. The number of nitrogens with zero attached hydrogens (tertiary/aromatic N) is 1. The van der Waals surface area contributed by atoms with E-state index < -0.39 is 6.10 Å². The highest BCUT2D eigenvalue weighted by molar-refractivity contribution is 5.88. The molecule has 108 valence electrons. The number of hydrogen-bond donors (Lipinski definition) is 1. The fourth-order valence-corrected chi connectivity index (χ4v) is 2.85. The average molecular weight is 279 g/mol. The van der Waals surface area contributed by atoms with Gasteiger partial charge in [-0.25, -0.2) is 0 Å². The molecule has 0 aliphatic carbocycles. The van der Waals surface area contributed by atoms with Gasteiger partial charge in [-0.15, -0.1) is 0 Å². The van der Waals surface area contributed by atoms with Crippen LogP contribution in [0.3, 0.4) is 0 Å². The highest BCUT2D eigenvalue weighted by atomic mass is 16.3. The van der Waals surface area contributed by atoms with E-state index in [-0.39, 0.29) is 6.04 Å². The first-order chi connectivity index (χ1) is 10.2. The molecular formula is C19H21NO. The van der Waals surface area contributed by atoms with Crippen LogP contribution < -0.4 is 0 Å². The van der Waals surface area contributed by atoms with Crippen LogP contribution in [0.1, 0.15) is 35.6 Å². The van der Waals surface area contributed by atoms with Crippen molar-refractivity contribution in [3.8, 4) is 0 Å². The second-order valence-electron chi connectivity index (χ2n) is 5.82. The maximum atomic E-state index is 10.4. The Morgan fingerprint density at radius 3 is 2.52 bits per heavy atom. The van der Waals surface area contributed by atoms with Crippen LogP contribution in [-0.2, 0) is 6.42 Å². The van der Waals surface area contributed by atoms with E-state index in [2.05, 4.69) is 31.2 Å². The Kier molecular flexibility index (Phi) is 4.16. The van der Waals surface area contributed by atoms with Crippen LogP contribution in [0, 0.1) is 6.92 Å². The predicted molar refractivity (Wildman–Crippen MR) is 86.7 cm³/mol. The SMILES string of the molecule is Cc1ccc(CC2=N[C@@H]([C@H](O)c3ccccc3)CC2)cc1. The lowest BCUT2D eigenvalue weighted by molar-refractivity contribution is 0.147. The van der Waals surface area contributed by atoms with Crippen molar-refractivity contribution in [3.63, 3.8) is 0 Å². The zero-order valence-electron chi connectivity index (χ0n) is 12.4. The van der Waals surface area contributed by atoms with E-state index in [0.717, 1.165) is 24.8 Å². The summed E-state index contributed by atoms with van der Waals surface area (Å²) in [6.45, 7) is 2.10. The minimum Gasteiger partial charge on any atom is -0.386 e. The van der Waals surface area contributed by atoms with E-state index in [4.69, 9.17) is 4.99 Å². The Labute approximate surface area is 126 Å². The first-order valence-corrected chi connectivity index (χ1v) is 7.56. The Morgan fingerprint density at radius 2 is 1.81 bits per heavy atom. The number of aliphatic hydroxyl groups is 1. The lowest BCUT2D eigenvalue weighted by atomic mass is 10.00. The molecule has 2 nitrogen and oxygen atoms in total. The maximum absolute atomic E-state index is 10.4. The molecule has 2 aromatic rings. The minimum atomic E-state index is -0.485. The van der Waals surface area contributed by atoms with Crippen LogP contribution in [0.15, 0.2) is 59.6 Å². The first-order valence-electron chi connectivity index (χ1n) is 7.56. The molecular weight excluding hydrogens is 258 g/mol. The highest BCUT2D eigenvalue weighted by Gasteiger charge is 2.25. The summed E-state index contributed by atoms with van der Waals surface area (Å²) in [5, 5.41) is 10.4. The molecule has 0 bridgehead atoms. The smallest absolute Gasteiger partial charge is 0.101 e. The monoisotopic (exact) mass is 279 g/mol. The topological polar surface area (TPSA) is 32.6 Å². The molecule has 3 rings (SSSR count). The van der Waals surface area contributed by atoms with Crippen molar-refractivity contribution in [2.45, 2.75) is 38.3 Å². The summed E-state index contributed by atoms with van der Waals surface area (Å²) in [4.78, 5) is 4.75. The van der Waals surface area contributed by atoms with Gasteiger partial charge in [0.2, 0.25) is 0 Å². The van der Waals surface area contributed by atoms with E-state index in [9.17, 15) is 5.11 Å². The summed E-state index contributed by atoms with van der Waals surface area (Å²) in [7, 11) is 0. The molecule has 0 radical (unpaired) electrons. The Morgan fingerprint density at radius 1 is 1.10 bits per heavy atom. The molecule has 0 aromatic heterocycles.